The highest BCUT2D eigenvalue weighted by Crippen LogP contribution is 2.32. The Morgan fingerprint density at radius 2 is 0.821 bits per heavy atom. The molecule has 3 aromatic rings. The zero-order chi connectivity index (χ0) is 20.9. The molecule has 2 N–H and O–H groups in total. The second-order valence-electron chi connectivity index (χ2n) is 8.83. The third kappa shape index (κ3) is 5.63. The first-order valence-electron chi connectivity index (χ1n) is 9.66. The Hall–Kier alpha value is -2.74. The molecule has 3 rings (SSSR count). The Kier molecular flexibility index (Phi) is 6.56. The van der Waals surface area contributed by atoms with Gasteiger partial charge in [-0.25, -0.2) is 0 Å². The molecule has 0 spiro atoms. The minimum Gasteiger partial charge on any atom is -0.508 e. The molecule has 0 aliphatic rings. The first-order chi connectivity index (χ1) is 13.0. The minimum absolute atomic E-state index is 0.0403. The molecule has 0 aliphatic carbocycles. The van der Waals surface area contributed by atoms with Gasteiger partial charge in [-0.15, -0.1) is 0 Å². The SMILES string of the molecule is CC(C)(C)c1ccc(O)cc1.Cc1ccc(C(C)(C)c2ccc(O)cc2)cc1. The normalized spacial score (nSPS) is 11.5. The maximum atomic E-state index is 9.33. The largest absolute Gasteiger partial charge is 0.508 e. The molecule has 0 heterocycles. The van der Waals surface area contributed by atoms with E-state index in [4.69, 9.17) is 5.11 Å². The summed E-state index contributed by atoms with van der Waals surface area (Å²) in [4.78, 5) is 0. The first kappa shape index (κ1) is 21.6. The summed E-state index contributed by atoms with van der Waals surface area (Å²) >= 11 is 0. The van der Waals surface area contributed by atoms with Crippen molar-refractivity contribution in [1.82, 2.24) is 0 Å². The molecule has 0 saturated heterocycles. The monoisotopic (exact) mass is 376 g/mol. The number of hydrogen-bond acceptors (Lipinski definition) is 2. The third-order valence-electron chi connectivity index (χ3n) is 5.10. The summed E-state index contributed by atoms with van der Waals surface area (Å²) in [5.41, 5.74) is 5.15. The fraction of sp³-hybridized carbons (Fsp3) is 0.308. The Bertz CT molecular complexity index is 818. The van der Waals surface area contributed by atoms with Gasteiger partial charge in [-0.2, -0.15) is 0 Å². The maximum Gasteiger partial charge on any atom is 0.115 e. The van der Waals surface area contributed by atoms with Crippen LogP contribution in [0.2, 0.25) is 0 Å². The quantitative estimate of drug-likeness (QED) is 0.521. The van der Waals surface area contributed by atoms with Crippen LogP contribution < -0.4 is 0 Å². The van der Waals surface area contributed by atoms with E-state index < -0.39 is 0 Å². The van der Waals surface area contributed by atoms with Crippen LogP contribution in [0.3, 0.4) is 0 Å². The lowest BCUT2D eigenvalue weighted by molar-refractivity contribution is 0.473. The highest BCUT2D eigenvalue weighted by atomic mass is 16.3. The number of hydrogen-bond donors (Lipinski definition) is 2. The van der Waals surface area contributed by atoms with Gasteiger partial charge in [0.25, 0.3) is 0 Å². The van der Waals surface area contributed by atoms with Crippen molar-refractivity contribution in [1.29, 1.82) is 0 Å². The Morgan fingerprint density at radius 3 is 1.18 bits per heavy atom. The topological polar surface area (TPSA) is 40.5 Å². The van der Waals surface area contributed by atoms with Gasteiger partial charge in [0.1, 0.15) is 11.5 Å². The van der Waals surface area contributed by atoms with Gasteiger partial charge < -0.3 is 10.2 Å². The van der Waals surface area contributed by atoms with Gasteiger partial charge in [0.2, 0.25) is 0 Å². The molecule has 0 aliphatic heterocycles. The van der Waals surface area contributed by atoms with Gasteiger partial charge in [0, 0.05) is 5.41 Å². The predicted octanol–water partition coefficient (Wildman–Crippen LogP) is 6.72. The smallest absolute Gasteiger partial charge is 0.115 e. The Morgan fingerprint density at radius 1 is 0.500 bits per heavy atom. The van der Waals surface area contributed by atoms with Crippen molar-refractivity contribution < 1.29 is 10.2 Å². The summed E-state index contributed by atoms with van der Waals surface area (Å²) in [7, 11) is 0. The molecule has 0 bridgehead atoms. The molecule has 28 heavy (non-hydrogen) atoms. The summed E-state index contributed by atoms with van der Waals surface area (Å²) in [6.07, 6.45) is 0. The maximum absolute atomic E-state index is 9.33. The molecule has 0 saturated carbocycles. The van der Waals surface area contributed by atoms with E-state index in [0.29, 0.717) is 11.5 Å². The van der Waals surface area contributed by atoms with Crippen LogP contribution in [-0.4, -0.2) is 10.2 Å². The molecule has 2 heteroatoms. The molecule has 0 atom stereocenters. The number of phenolic OH excluding ortho intramolecular Hbond substituents is 2. The molecule has 148 valence electrons. The second-order valence-corrected chi connectivity index (χ2v) is 8.83. The van der Waals surface area contributed by atoms with E-state index in [9.17, 15) is 5.11 Å². The van der Waals surface area contributed by atoms with Gasteiger partial charge in [-0.1, -0.05) is 88.7 Å². The number of benzene rings is 3. The predicted molar refractivity (Wildman–Crippen MR) is 118 cm³/mol. The van der Waals surface area contributed by atoms with Gasteiger partial charge in [0.05, 0.1) is 0 Å². The van der Waals surface area contributed by atoms with E-state index >= 15 is 0 Å². The van der Waals surface area contributed by atoms with E-state index in [0.717, 1.165) is 0 Å². The van der Waals surface area contributed by atoms with Crippen LogP contribution in [0.25, 0.3) is 0 Å². The molecule has 0 unspecified atom stereocenters. The van der Waals surface area contributed by atoms with Crippen molar-refractivity contribution in [3.63, 3.8) is 0 Å². The third-order valence-corrected chi connectivity index (χ3v) is 5.10. The average molecular weight is 377 g/mol. The molecule has 3 aromatic carbocycles. The van der Waals surface area contributed by atoms with E-state index in [2.05, 4.69) is 65.8 Å². The van der Waals surface area contributed by atoms with E-state index in [1.54, 1.807) is 24.3 Å². The minimum atomic E-state index is -0.0403. The molecule has 2 nitrogen and oxygen atoms in total. The van der Waals surface area contributed by atoms with Crippen molar-refractivity contribution in [3.8, 4) is 11.5 Å². The number of aromatic hydroxyl groups is 2. The number of phenols is 2. The van der Waals surface area contributed by atoms with Crippen molar-refractivity contribution in [2.45, 2.75) is 52.4 Å². The summed E-state index contributed by atoms with van der Waals surface area (Å²) < 4.78 is 0. The zero-order valence-corrected chi connectivity index (χ0v) is 17.8. The number of aryl methyl sites for hydroxylation is 1. The van der Waals surface area contributed by atoms with E-state index in [1.165, 1.54) is 22.3 Å². The Balaban J connectivity index is 0.000000221. The standard InChI is InChI=1S/C16H18O.C10H14O/c1-12-4-6-13(7-5-12)16(2,3)14-8-10-15(17)11-9-14;1-10(2,3)8-4-6-9(11)7-5-8/h4-11,17H,1-3H3;4-7,11H,1-3H3. The van der Waals surface area contributed by atoms with Gasteiger partial charge in [0.15, 0.2) is 0 Å². The van der Waals surface area contributed by atoms with Crippen LogP contribution >= 0.6 is 0 Å². The van der Waals surface area contributed by atoms with Crippen molar-refractivity contribution in [2.75, 3.05) is 0 Å². The molecular weight excluding hydrogens is 344 g/mol. The fourth-order valence-electron chi connectivity index (χ4n) is 2.98. The molecule has 0 radical (unpaired) electrons. The fourth-order valence-corrected chi connectivity index (χ4v) is 2.98. The lowest BCUT2D eigenvalue weighted by Crippen LogP contribution is -2.18. The van der Waals surface area contributed by atoms with E-state index in [-0.39, 0.29) is 10.8 Å². The summed E-state index contributed by atoms with van der Waals surface area (Å²) in [5.74, 6) is 0.645. The summed E-state index contributed by atoms with van der Waals surface area (Å²) in [6, 6.07) is 23.4. The zero-order valence-electron chi connectivity index (χ0n) is 17.8. The Labute approximate surface area is 169 Å². The lowest BCUT2D eigenvalue weighted by atomic mass is 9.78. The second kappa shape index (κ2) is 8.52. The molecular formula is C26H32O2. The summed E-state index contributed by atoms with van der Waals surface area (Å²) in [6.45, 7) is 12.9. The first-order valence-corrected chi connectivity index (χ1v) is 9.66. The van der Waals surface area contributed by atoms with Crippen LogP contribution in [0, 0.1) is 6.92 Å². The summed E-state index contributed by atoms with van der Waals surface area (Å²) in [5, 5.41) is 18.4. The highest BCUT2D eigenvalue weighted by Gasteiger charge is 2.22. The van der Waals surface area contributed by atoms with Crippen molar-refractivity contribution >= 4 is 0 Å². The van der Waals surface area contributed by atoms with Crippen LogP contribution in [0.15, 0.2) is 72.8 Å². The van der Waals surface area contributed by atoms with Crippen molar-refractivity contribution in [2.24, 2.45) is 0 Å². The highest BCUT2D eigenvalue weighted by molar-refractivity contribution is 5.40. The van der Waals surface area contributed by atoms with Crippen LogP contribution in [0.1, 0.15) is 56.9 Å². The number of rotatable bonds is 2. The molecule has 0 amide bonds. The van der Waals surface area contributed by atoms with Crippen LogP contribution in [0.4, 0.5) is 0 Å². The lowest BCUT2D eigenvalue weighted by Gasteiger charge is -2.26. The van der Waals surface area contributed by atoms with Crippen molar-refractivity contribution in [3.05, 3.63) is 95.1 Å². The van der Waals surface area contributed by atoms with Gasteiger partial charge >= 0.3 is 0 Å². The van der Waals surface area contributed by atoms with Crippen LogP contribution in [0.5, 0.6) is 11.5 Å². The van der Waals surface area contributed by atoms with Crippen LogP contribution in [-0.2, 0) is 10.8 Å². The molecule has 0 aromatic heterocycles. The molecule has 0 fully saturated rings. The van der Waals surface area contributed by atoms with Gasteiger partial charge in [-0.05, 0) is 53.3 Å². The average Bonchev–Trinajstić information content (AvgIpc) is 2.62. The van der Waals surface area contributed by atoms with Gasteiger partial charge in [-0.3, -0.25) is 0 Å². The van der Waals surface area contributed by atoms with E-state index in [1.807, 2.05) is 24.3 Å².